The molecular weight excluding hydrogens is 320 g/mol. The number of hydrogen-bond acceptors (Lipinski definition) is 2. The van der Waals surface area contributed by atoms with Crippen molar-refractivity contribution < 1.29 is 9.59 Å². The minimum atomic E-state index is 0.0250. The van der Waals surface area contributed by atoms with E-state index in [2.05, 4.69) is 23.7 Å². The molecule has 0 heterocycles. The fraction of sp³-hybridized carbons (Fsp3) is 0.167. The van der Waals surface area contributed by atoms with E-state index in [1.54, 1.807) is 52.0 Å². The highest BCUT2D eigenvalue weighted by Gasteiger charge is 2.10. The summed E-state index contributed by atoms with van der Waals surface area (Å²) in [7, 11) is 0. The van der Waals surface area contributed by atoms with Crippen LogP contribution in [0.3, 0.4) is 0 Å². The van der Waals surface area contributed by atoms with Gasteiger partial charge in [0.2, 0.25) is 0 Å². The van der Waals surface area contributed by atoms with Gasteiger partial charge in [-0.15, -0.1) is 11.8 Å². The molecule has 0 aliphatic carbocycles. The Hall–Kier alpha value is -3.36. The minimum absolute atomic E-state index is 0.0250. The van der Waals surface area contributed by atoms with E-state index in [4.69, 9.17) is 0 Å². The molecule has 0 unspecified atom stereocenters. The smallest absolute Gasteiger partial charge is 0.159 e. The molecule has 0 saturated carbocycles. The predicted octanol–water partition coefficient (Wildman–Crippen LogP) is 5.05. The first kappa shape index (κ1) is 19.0. The van der Waals surface area contributed by atoms with Crippen LogP contribution in [0.15, 0.2) is 48.5 Å². The van der Waals surface area contributed by atoms with E-state index >= 15 is 0 Å². The molecule has 2 nitrogen and oxygen atoms in total. The summed E-state index contributed by atoms with van der Waals surface area (Å²) in [6.07, 6.45) is 0. The van der Waals surface area contributed by atoms with Gasteiger partial charge in [-0.05, 0) is 38.8 Å². The second-order valence-electron chi connectivity index (χ2n) is 5.77. The number of benzene rings is 2. The Kier molecular flexibility index (Phi) is 6.31. The molecule has 0 radical (unpaired) electrons. The van der Waals surface area contributed by atoms with E-state index in [9.17, 15) is 9.59 Å². The Bertz CT molecular complexity index is 897. The molecule has 0 saturated heterocycles. The maximum Gasteiger partial charge on any atom is 0.159 e. The SMILES string of the molecule is CC#C/C(=C(/C#CC)c1ccc(C(C)=O)cc1)c1ccc(C(C)=O)cc1. The zero-order chi connectivity index (χ0) is 19.1. The summed E-state index contributed by atoms with van der Waals surface area (Å²) in [4.78, 5) is 23.0. The second-order valence-corrected chi connectivity index (χ2v) is 5.77. The molecule has 2 aromatic rings. The molecule has 0 bridgehead atoms. The third-order valence-electron chi connectivity index (χ3n) is 3.91. The number of carbonyl (C=O) groups excluding carboxylic acids is 2. The highest BCUT2D eigenvalue weighted by atomic mass is 16.1. The van der Waals surface area contributed by atoms with Gasteiger partial charge in [0.05, 0.1) is 0 Å². The monoisotopic (exact) mass is 340 g/mol. The average Bonchev–Trinajstić information content (AvgIpc) is 2.65. The Morgan fingerprint density at radius 1 is 0.577 bits per heavy atom. The molecule has 0 atom stereocenters. The van der Waals surface area contributed by atoms with Crippen LogP contribution in [0.2, 0.25) is 0 Å². The molecule has 0 aliphatic rings. The van der Waals surface area contributed by atoms with E-state index in [-0.39, 0.29) is 11.6 Å². The van der Waals surface area contributed by atoms with Crippen molar-refractivity contribution in [3.63, 3.8) is 0 Å². The van der Waals surface area contributed by atoms with Crippen LogP contribution in [-0.2, 0) is 0 Å². The molecule has 0 fully saturated rings. The van der Waals surface area contributed by atoms with Gasteiger partial charge in [-0.1, -0.05) is 60.4 Å². The van der Waals surface area contributed by atoms with E-state index in [0.29, 0.717) is 11.1 Å². The van der Waals surface area contributed by atoms with Gasteiger partial charge >= 0.3 is 0 Å². The van der Waals surface area contributed by atoms with Gasteiger partial charge in [-0.3, -0.25) is 9.59 Å². The molecule has 0 aliphatic heterocycles. The van der Waals surface area contributed by atoms with E-state index in [0.717, 1.165) is 22.3 Å². The fourth-order valence-corrected chi connectivity index (χ4v) is 2.55. The Labute approximate surface area is 154 Å². The molecule has 2 rings (SSSR count). The maximum atomic E-state index is 11.5. The third-order valence-corrected chi connectivity index (χ3v) is 3.91. The van der Waals surface area contributed by atoms with Crippen molar-refractivity contribution in [2.45, 2.75) is 27.7 Å². The first-order chi connectivity index (χ1) is 12.5. The lowest BCUT2D eigenvalue weighted by Crippen LogP contribution is -1.95. The summed E-state index contributed by atoms with van der Waals surface area (Å²) < 4.78 is 0. The van der Waals surface area contributed by atoms with Crippen molar-refractivity contribution in [2.75, 3.05) is 0 Å². The molecule has 0 aromatic heterocycles. The number of carbonyl (C=O) groups is 2. The summed E-state index contributed by atoms with van der Waals surface area (Å²) in [5, 5.41) is 0. The minimum Gasteiger partial charge on any atom is -0.295 e. The van der Waals surface area contributed by atoms with Crippen LogP contribution in [-0.4, -0.2) is 11.6 Å². The van der Waals surface area contributed by atoms with Crippen LogP contribution in [0.25, 0.3) is 11.1 Å². The van der Waals surface area contributed by atoms with Crippen molar-refractivity contribution in [3.05, 3.63) is 70.8 Å². The van der Waals surface area contributed by atoms with Gasteiger partial charge in [0.1, 0.15) is 0 Å². The van der Waals surface area contributed by atoms with Crippen molar-refractivity contribution in [3.8, 4) is 23.7 Å². The first-order valence-electron chi connectivity index (χ1n) is 8.30. The van der Waals surface area contributed by atoms with Crippen molar-refractivity contribution in [1.82, 2.24) is 0 Å². The number of Topliss-reactive ketones (excluding diaryl/α,β-unsaturated/α-hetero) is 2. The average molecular weight is 340 g/mol. The number of rotatable bonds is 4. The van der Waals surface area contributed by atoms with E-state index in [1.165, 1.54) is 0 Å². The zero-order valence-corrected chi connectivity index (χ0v) is 15.4. The topological polar surface area (TPSA) is 34.1 Å². The summed E-state index contributed by atoms with van der Waals surface area (Å²) in [5.41, 5.74) is 4.72. The Morgan fingerprint density at radius 3 is 1.08 bits per heavy atom. The standard InChI is InChI=1S/C24H20O2/c1-5-7-23(21-13-9-19(10-14-21)17(3)25)24(8-6-2)22-15-11-20(12-16-22)18(4)26/h9-16H,1-4H3/b24-23+. The maximum absolute atomic E-state index is 11.5. The van der Waals surface area contributed by atoms with Crippen molar-refractivity contribution >= 4 is 22.7 Å². The number of hydrogen-bond donors (Lipinski definition) is 0. The molecule has 2 aromatic carbocycles. The third kappa shape index (κ3) is 4.38. The Morgan fingerprint density at radius 2 is 0.846 bits per heavy atom. The lowest BCUT2D eigenvalue weighted by atomic mass is 9.93. The van der Waals surface area contributed by atoms with Crippen LogP contribution in [0, 0.1) is 23.7 Å². The van der Waals surface area contributed by atoms with E-state index < -0.39 is 0 Å². The molecule has 2 heteroatoms. The zero-order valence-electron chi connectivity index (χ0n) is 15.4. The number of ketones is 2. The summed E-state index contributed by atoms with van der Waals surface area (Å²) in [5.74, 6) is 12.2. The fourth-order valence-electron chi connectivity index (χ4n) is 2.55. The van der Waals surface area contributed by atoms with Crippen molar-refractivity contribution in [1.29, 1.82) is 0 Å². The quantitative estimate of drug-likeness (QED) is 0.443. The lowest BCUT2D eigenvalue weighted by Gasteiger charge is -2.09. The molecular formula is C24H20O2. The summed E-state index contributed by atoms with van der Waals surface area (Å²) in [6.45, 7) is 6.64. The molecule has 0 spiro atoms. The summed E-state index contributed by atoms with van der Waals surface area (Å²) in [6, 6.07) is 14.7. The lowest BCUT2D eigenvalue weighted by molar-refractivity contribution is 0.100. The highest BCUT2D eigenvalue weighted by molar-refractivity contribution is 6.05. The second kappa shape index (κ2) is 8.65. The van der Waals surface area contributed by atoms with Crippen molar-refractivity contribution in [2.24, 2.45) is 0 Å². The summed E-state index contributed by atoms with van der Waals surface area (Å²) >= 11 is 0. The van der Waals surface area contributed by atoms with Gasteiger partial charge < -0.3 is 0 Å². The van der Waals surface area contributed by atoms with Gasteiger partial charge in [0, 0.05) is 22.3 Å². The molecule has 26 heavy (non-hydrogen) atoms. The van der Waals surface area contributed by atoms with Gasteiger partial charge in [-0.2, -0.15) is 0 Å². The highest BCUT2D eigenvalue weighted by Crippen LogP contribution is 2.26. The largest absolute Gasteiger partial charge is 0.295 e. The van der Waals surface area contributed by atoms with Gasteiger partial charge in [-0.25, -0.2) is 0 Å². The Balaban J connectivity index is 2.66. The first-order valence-corrected chi connectivity index (χ1v) is 8.30. The van der Waals surface area contributed by atoms with Crippen LogP contribution >= 0.6 is 0 Å². The van der Waals surface area contributed by atoms with Crippen LogP contribution in [0.1, 0.15) is 59.5 Å². The molecule has 0 N–H and O–H groups in total. The molecule has 0 amide bonds. The molecule has 128 valence electrons. The van der Waals surface area contributed by atoms with Crippen LogP contribution in [0.5, 0.6) is 0 Å². The van der Waals surface area contributed by atoms with Crippen LogP contribution in [0.4, 0.5) is 0 Å². The predicted molar refractivity (Wildman–Crippen MR) is 107 cm³/mol. The van der Waals surface area contributed by atoms with Gasteiger partial charge in [0.15, 0.2) is 11.6 Å². The van der Waals surface area contributed by atoms with Gasteiger partial charge in [0.25, 0.3) is 0 Å². The van der Waals surface area contributed by atoms with E-state index in [1.807, 2.05) is 24.3 Å². The number of allylic oxidation sites excluding steroid dienone is 2. The van der Waals surface area contributed by atoms with Crippen LogP contribution < -0.4 is 0 Å². The normalized spacial score (nSPS) is 10.6.